The van der Waals surface area contributed by atoms with Gasteiger partial charge in [0.15, 0.2) is 4.96 Å². The number of rotatable bonds is 4. The van der Waals surface area contributed by atoms with Crippen LogP contribution in [0.15, 0.2) is 52.2 Å². The van der Waals surface area contributed by atoms with Crippen molar-refractivity contribution in [2.75, 3.05) is 4.72 Å². The second-order valence-electron chi connectivity index (χ2n) is 5.40. The minimum Gasteiger partial charge on any atom is -0.294 e. The van der Waals surface area contributed by atoms with E-state index in [0.717, 1.165) is 33.2 Å². The van der Waals surface area contributed by atoms with Crippen LogP contribution in [-0.4, -0.2) is 17.8 Å². The van der Waals surface area contributed by atoms with Crippen molar-refractivity contribution >= 4 is 54.9 Å². The lowest BCUT2D eigenvalue weighted by Gasteiger charge is -2.06. The van der Waals surface area contributed by atoms with E-state index in [1.54, 1.807) is 29.5 Å². The molecule has 0 atom stereocenters. The van der Waals surface area contributed by atoms with Gasteiger partial charge in [-0.3, -0.25) is 9.12 Å². The lowest BCUT2D eigenvalue weighted by Crippen LogP contribution is -2.11. The summed E-state index contributed by atoms with van der Waals surface area (Å²) < 4.78 is 29.9. The maximum Gasteiger partial charge on any atom is 0.271 e. The van der Waals surface area contributed by atoms with Gasteiger partial charge in [-0.15, -0.1) is 22.7 Å². The summed E-state index contributed by atoms with van der Waals surface area (Å²) in [6.45, 7) is 2.03. The van der Waals surface area contributed by atoms with Crippen molar-refractivity contribution < 1.29 is 8.42 Å². The highest BCUT2D eigenvalue weighted by molar-refractivity contribution is 7.94. The Morgan fingerprint density at radius 3 is 2.56 bits per heavy atom. The van der Waals surface area contributed by atoms with Crippen LogP contribution in [-0.2, 0) is 10.0 Å². The number of aryl methyl sites for hydroxylation is 1. The number of nitrogens with one attached hydrogen (secondary N) is 1. The molecule has 1 N–H and O–H groups in total. The standard InChI is InChI=1S/C16H12ClN3O2S3/c1-10-9-23-16-18-13(8-20(10)16)11-2-4-12(5-3-11)19-25(21,22)15-7-6-14(17)24-15/h2-9,19H,1H3. The van der Waals surface area contributed by atoms with Crippen LogP contribution in [0.5, 0.6) is 0 Å². The molecule has 25 heavy (non-hydrogen) atoms. The highest BCUT2D eigenvalue weighted by atomic mass is 35.5. The first kappa shape index (κ1) is 16.6. The predicted octanol–water partition coefficient (Wildman–Crippen LogP) is 4.89. The van der Waals surface area contributed by atoms with Crippen molar-refractivity contribution in [3.05, 3.63) is 58.0 Å². The molecular formula is C16H12ClN3O2S3. The van der Waals surface area contributed by atoms with E-state index in [9.17, 15) is 8.42 Å². The van der Waals surface area contributed by atoms with Crippen LogP contribution in [0.2, 0.25) is 4.34 Å². The highest BCUT2D eigenvalue weighted by Gasteiger charge is 2.17. The molecule has 128 valence electrons. The van der Waals surface area contributed by atoms with Crippen molar-refractivity contribution in [1.29, 1.82) is 0 Å². The van der Waals surface area contributed by atoms with Gasteiger partial charge in [-0.25, -0.2) is 13.4 Å². The number of nitrogens with zero attached hydrogens (tertiary/aromatic N) is 2. The van der Waals surface area contributed by atoms with Crippen molar-refractivity contribution in [3.8, 4) is 11.3 Å². The lowest BCUT2D eigenvalue weighted by atomic mass is 10.1. The Balaban J connectivity index is 1.59. The van der Waals surface area contributed by atoms with Gasteiger partial charge < -0.3 is 0 Å². The molecule has 0 aliphatic carbocycles. The number of thiophene rings is 1. The number of anilines is 1. The third kappa shape index (κ3) is 3.18. The van der Waals surface area contributed by atoms with E-state index in [4.69, 9.17) is 11.6 Å². The maximum atomic E-state index is 12.3. The average Bonchev–Trinajstić information content (AvgIpc) is 3.26. The van der Waals surface area contributed by atoms with Gasteiger partial charge in [-0.2, -0.15) is 0 Å². The second kappa shape index (κ2) is 6.14. The van der Waals surface area contributed by atoms with Gasteiger partial charge in [-0.1, -0.05) is 23.7 Å². The Kier molecular flexibility index (Phi) is 4.07. The highest BCUT2D eigenvalue weighted by Crippen LogP contribution is 2.28. The molecule has 0 spiro atoms. The number of imidazole rings is 1. The van der Waals surface area contributed by atoms with Crippen LogP contribution in [0.1, 0.15) is 5.69 Å². The molecule has 0 aliphatic heterocycles. The summed E-state index contributed by atoms with van der Waals surface area (Å²) >= 11 is 8.42. The summed E-state index contributed by atoms with van der Waals surface area (Å²) in [6.07, 6.45) is 1.98. The summed E-state index contributed by atoms with van der Waals surface area (Å²) in [5, 5.41) is 2.06. The fourth-order valence-corrected chi connectivity index (χ4v) is 5.78. The van der Waals surface area contributed by atoms with E-state index in [2.05, 4.69) is 15.1 Å². The van der Waals surface area contributed by atoms with Crippen molar-refractivity contribution in [2.45, 2.75) is 11.1 Å². The fourth-order valence-electron chi connectivity index (χ4n) is 2.39. The van der Waals surface area contributed by atoms with E-state index in [1.807, 2.05) is 29.7 Å². The monoisotopic (exact) mass is 409 g/mol. The fraction of sp³-hybridized carbons (Fsp3) is 0.0625. The molecule has 0 amide bonds. The smallest absolute Gasteiger partial charge is 0.271 e. The molecule has 0 unspecified atom stereocenters. The summed E-state index contributed by atoms with van der Waals surface area (Å²) in [4.78, 5) is 5.53. The zero-order valence-corrected chi connectivity index (χ0v) is 16.1. The third-order valence-corrected chi connectivity index (χ3v) is 7.70. The molecule has 0 saturated heterocycles. The Bertz CT molecular complexity index is 1160. The normalized spacial score (nSPS) is 11.9. The number of hydrogen-bond acceptors (Lipinski definition) is 5. The van der Waals surface area contributed by atoms with E-state index < -0.39 is 10.0 Å². The second-order valence-corrected chi connectivity index (χ2v) is 9.86. The van der Waals surface area contributed by atoms with Crippen LogP contribution in [0.4, 0.5) is 5.69 Å². The number of fused-ring (bicyclic) bond motifs is 1. The Morgan fingerprint density at radius 1 is 1.16 bits per heavy atom. The van der Waals surface area contributed by atoms with Gasteiger partial charge in [0.25, 0.3) is 10.0 Å². The van der Waals surface area contributed by atoms with Gasteiger partial charge in [0, 0.05) is 28.5 Å². The van der Waals surface area contributed by atoms with Crippen molar-refractivity contribution in [3.63, 3.8) is 0 Å². The molecule has 0 bridgehead atoms. The zero-order chi connectivity index (χ0) is 17.6. The number of aromatic nitrogens is 2. The zero-order valence-electron chi connectivity index (χ0n) is 12.9. The minimum atomic E-state index is -3.62. The SMILES string of the molecule is Cc1csc2nc(-c3ccc(NS(=O)(=O)c4ccc(Cl)s4)cc3)cn12. The van der Waals surface area contributed by atoms with Crippen LogP contribution >= 0.6 is 34.3 Å². The van der Waals surface area contributed by atoms with Crippen LogP contribution < -0.4 is 4.72 Å². The molecule has 3 aromatic heterocycles. The summed E-state index contributed by atoms with van der Waals surface area (Å²) in [6, 6.07) is 10.2. The van der Waals surface area contributed by atoms with Gasteiger partial charge >= 0.3 is 0 Å². The van der Waals surface area contributed by atoms with E-state index >= 15 is 0 Å². The van der Waals surface area contributed by atoms with Crippen LogP contribution in [0.25, 0.3) is 16.2 Å². The first-order chi connectivity index (χ1) is 11.9. The Morgan fingerprint density at radius 2 is 1.92 bits per heavy atom. The number of hydrogen-bond donors (Lipinski definition) is 1. The molecule has 0 aliphatic rings. The first-order valence-electron chi connectivity index (χ1n) is 7.24. The summed E-state index contributed by atoms with van der Waals surface area (Å²) in [7, 11) is -3.62. The molecule has 5 nitrogen and oxygen atoms in total. The van der Waals surface area contributed by atoms with Gasteiger partial charge in [0.2, 0.25) is 0 Å². The van der Waals surface area contributed by atoms with Gasteiger partial charge in [0.1, 0.15) is 4.21 Å². The third-order valence-electron chi connectivity index (χ3n) is 3.63. The molecule has 0 radical (unpaired) electrons. The number of thiazole rings is 1. The van der Waals surface area contributed by atoms with E-state index in [0.29, 0.717) is 10.0 Å². The Labute approximate surface area is 157 Å². The van der Waals surface area contributed by atoms with E-state index in [-0.39, 0.29) is 4.21 Å². The molecule has 0 saturated carbocycles. The van der Waals surface area contributed by atoms with E-state index in [1.165, 1.54) is 6.07 Å². The average molecular weight is 410 g/mol. The number of halogens is 1. The molecule has 3 heterocycles. The van der Waals surface area contributed by atoms with Gasteiger partial charge in [-0.05, 0) is 31.2 Å². The molecule has 0 fully saturated rings. The topological polar surface area (TPSA) is 63.5 Å². The Hall–Kier alpha value is -1.87. The minimum absolute atomic E-state index is 0.186. The first-order valence-corrected chi connectivity index (χ1v) is 10.8. The van der Waals surface area contributed by atoms with Crippen molar-refractivity contribution in [2.24, 2.45) is 0 Å². The molecule has 4 aromatic rings. The van der Waals surface area contributed by atoms with Gasteiger partial charge in [0.05, 0.1) is 10.0 Å². The number of sulfonamides is 1. The summed E-state index contributed by atoms with van der Waals surface area (Å²) in [5.41, 5.74) is 3.41. The van der Waals surface area contributed by atoms with Crippen molar-refractivity contribution in [1.82, 2.24) is 9.38 Å². The summed E-state index contributed by atoms with van der Waals surface area (Å²) in [5.74, 6) is 0. The van der Waals surface area contributed by atoms with Crippen LogP contribution in [0.3, 0.4) is 0 Å². The molecule has 4 rings (SSSR count). The predicted molar refractivity (Wildman–Crippen MR) is 103 cm³/mol. The maximum absolute atomic E-state index is 12.3. The van der Waals surface area contributed by atoms with Crippen LogP contribution in [0, 0.1) is 6.92 Å². The molecular weight excluding hydrogens is 398 g/mol. The number of benzene rings is 1. The molecule has 1 aromatic carbocycles. The molecule has 9 heteroatoms. The largest absolute Gasteiger partial charge is 0.294 e. The quantitative estimate of drug-likeness (QED) is 0.522. The lowest BCUT2D eigenvalue weighted by molar-refractivity contribution is 0.603.